The highest BCUT2D eigenvalue weighted by Gasteiger charge is 2.27. The van der Waals surface area contributed by atoms with Crippen LogP contribution < -0.4 is 14.7 Å². The van der Waals surface area contributed by atoms with Crippen molar-refractivity contribution in [3.8, 4) is 0 Å². The van der Waals surface area contributed by atoms with E-state index >= 15 is 0 Å². The van der Waals surface area contributed by atoms with Crippen molar-refractivity contribution < 1.29 is 0 Å². The fourth-order valence-corrected chi connectivity index (χ4v) is 12.9. The molecule has 4 nitrogen and oxygen atoms in total. The van der Waals surface area contributed by atoms with E-state index in [0.717, 1.165) is 73.1 Å². The second-order valence-electron chi connectivity index (χ2n) is 18.2. The molecule has 0 saturated heterocycles. The number of benzene rings is 9. The highest BCUT2D eigenvalue weighted by atomic mass is 32.1. The molecule has 0 saturated carbocycles. The van der Waals surface area contributed by atoms with Crippen molar-refractivity contribution in [2.45, 2.75) is 13.8 Å². The summed E-state index contributed by atoms with van der Waals surface area (Å²) >= 11 is 3.73. The average molecular weight is 971 g/mol. The second-order valence-corrected chi connectivity index (χ2v) is 20.5. The van der Waals surface area contributed by atoms with Crippen molar-refractivity contribution in [2.75, 3.05) is 14.7 Å². The number of aromatic nitrogens is 1. The molecule has 0 unspecified atom stereocenters. The molecule has 0 N–H and O–H groups in total. The number of fused-ring (bicyclic) bond motifs is 6. The molecule has 12 aromatic rings. The maximum absolute atomic E-state index is 4.58. The zero-order chi connectivity index (χ0) is 48.8. The van der Waals surface area contributed by atoms with Crippen LogP contribution in [-0.4, -0.2) is 4.98 Å². The quantitative estimate of drug-likeness (QED) is 0.120. The molecule has 0 radical (unpaired) electrons. The topological polar surface area (TPSA) is 22.6 Å². The van der Waals surface area contributed by atoms with E-state index in [2.05, 4.69) is 263 Å². The van der Waals surface area contributed by atoms with Gasteiger partial charge in [-0.05, 0) is 133 Å². The Morgan fingerprint density at radius 2 is 1.11 bits per heavy atom. The molecule has 6 heteroatoms. The van der Waals surface area contributed by atoms with E-state index in [9.17, 15) is 0 Å². The predicted octanol–water partition coefficient (Wildman–Crippen LogP) is 19.7. The first-order valence-corrected chi connectivity index (χ1v) is 26.2. The summed E-state index contributed by atoms with van der Waals surface area (Å²) in [5.41, 5.74) is 19.7. The fraction of sp³-hybridized carbons (Fsp3) is 0.0299. The minimum Gasteiger partial charge on any atom is -0.310 e. The molecule has 0 bridgehead atoms. The first kappa shape index (κ1) is 44.0. The lowest BCUT2D eigenvalue weighted by Crippen LogP contribution is -2.17. The zero-order valence-electron chi connectivity index (χ0n) is 40.2. The van der Waals surface area contributed by atoms with Crippen molar-refractivity contribution in [3.63, 3.8) is 0 Å². The summed E-state index contributed by atoms with van der Waals surface area (Å²) in [5.74, 6) is 0. The Morgan fingerprint density at radius 1 is 0.493 bits per heavy atom. The molecule has 73 heavy (non-hydrogen) atoms. The molecule has 1 aliphatic carbocycles. The monoisotopic (exact) mass is 970 g/mol. The highest BCUT2D eigenvalue weighted by Crippen LogP contribution is 2.52. The maximum atomic E-state index is 4.58. The van der Waals surface area contributed by atoms with E-state index in [-0.39, 0.29) is 0 Å². The summed E-state index contributed by atoms with van der Waals surface area (Å²) in [6, 6.07) is 74.7. The zero-order valence-corrected chi connectivity index (χ0v) is 41.8. The van der Waals surface area contributed by atoms with Crippen molar-refractivity contribution in [1.29, 1.82) is 0 Å². The minimum atomic E-state index is 0.898. The van der Waals surface area contributed by atoms with Gasteiger partial charge < -0.3 is 14.7 Å². The second kappa shape index (κ2) is 18.6. The summed E-state index contributed by atoms with van der Waals surface area (Å²) in [6.45, 7) is 4.53. The average Bonchev–Trinajstić information content (AvgIpc) is 3.99. The van der Waals surface area contributed by atoms with Crippen LogP contribution in [0.2, 0.25) is 0 Å². The van der Waals surface area contributed by atoms with E-state index < -0.39 is 0 Å². The van der Waals surface area contributed by atoms with Gasteiger partial charge in [0, 0.05) is 71.5 Å². The number of thiophene rings is 2. The minimum absolute atomic E-state index is 0.898. The number of anilines is 8. The summed E-state index contributed by atoms with van der Waals surface area (Å²) in [5, 5.41) is 8.26. The van der Waals surface area contributed by atoms with E-state index in [1.165, 1.54) is 51.5 Å². The Hall–Kier alpha value is -8.99. The molecule has 346 valence electrons. The molecule has 3 aromatic heterocycles. The van der Waals surface area contributed by atoms with Crippen LogP contribution in [0.15, 0.2) is 254 Å². The number of hydrogen-bond acceptors (Lipinski definition) is 6. The van der Waals surface area contributed by atoms with Crippen LogP contribution in [0.5, 0.6) is 0 Å². The van der Waals surface area contributed by atoms with Crippen LogP contribution >= 0.6 is 22.7 Å². The first-order valence-electron chi connectivity index (χ1n) is 24.5. The molecule has 3 heterocycles. The highest BCUT2D eigenvalue weighted by molar-refractivity contribution is 7.26. The summed E-state index contributed by atoms with van der Waals surface area (Å²) in [6.07, 6.45) is 12.3. The summed E-state index contributed by atoms with van der Waals surface area (Å²) < 4.78 is 3.73. The third-order valence-corrected chi connectivity index (χ3v) is 16.2. The van der Waals surface area contributed by atoms with Gasteiger partial charge in [-0.1, -0.05) is 145 Å². The first-order chi connectivity index (χ1) is 36.1. The summed E-state index contributed by atoms with van der Waals surface area (Å²) in [4.78, 5) is 13.1. The Morgan fingerprint density at radius 3 is 1.90 bits per heavy atom. The van der Waals surface area contributed by atoms with Crippen molar-refractivity contribution in [1.82, 2.24) is 4.98 Å². The smallest absolute Gasteiger partial charge is 0.0973 e. The van der Waals surface area contributed by atoms with Gasteiger partial charge >= 0.3 is 0 Å². The molecule has 0 atom stereocenters. The van der Waals surface area contributed by atoms with Gasteiger partial charge in [0.05, 0.1) is 43.5 Å². The van der Waals surface area contributed by atoms with Gasteiger partial charge in [0.2, 0.25) is 0 Å². The van der Waals surface area contributed by atoms with Gasteiger partial charge in [0.1, 0.15) is 0 Å². The van der Waals surface area contributed by atoms with Crippen LogP contribution in [-0.2, 0) is 0 Å². The van der Waals surface area contributed by atoms with E-state index in [4.69, 9.17) is 0 Å². The maximum Gasteiger partial charge on any atom is 0.0973 e. The van der Waals surface area contributed by atoms with Gasteiger partial charge in [-0.25, -0.2) is 0 Å². The van der Waals surface area contributed by atoms with Gasteiger partial charge in [0.25, 0.3) is 0 Å². The van der Waals surface area contributed by atoms with Crippen LogP contribution in [0.4, 0.5) is 45.5 Å². The Labute approximate surface area is 432 Å². The molecule has 1 aliphatic rings. The van der Waals surface area contributed by atoms with Crippen molar-refractivity contribution in [3.05, 3.63) is 270 Å². The molecule has 13 rings (SSSR count). The van der Waals surface area contributed by atoms with Gasteiger partial charge in [-0.15, -0.1) is 22.7 Å². The number of para-hydroxylation sites is 3. The normalized spacial score (nSPS) is 12.4. The van der Waals surface area contributed by atoms with Gasteiger partial charge in [-0.3, -0.25) is 4.98 Å². The fourth-order valence-electron chi connectivity index (χ4n) is 10.5. The molecule has 0 aliphatic heterocycles. The van der Waals surface area contributed by atoms with E-state index in [0.29, 0.717) is 0 Å². The van der Waals surface area contributed by atoms with Crippen molar-refractivity contribution >= 4 is 132 Å². The number of nitrogens with zero attached hydrogens (tertiary/aromatic N) is 4. The lowest BCUT2D eigenvalue weighted by atomic mass is 9.98. The van der Waals surface area contributed by atoms with Gasteiger partial charge in [0.15, 0.2) is 0 Å². The van der Waals surface area contributed by atoms with Crippen LogP contribution in [0.1, 0.15) is 22.9 Å². The van der Waals surface area contributed by atoms with E-state index in [1.54, 1.807) is 0 Å². The Bertz CT molecular complexity index is 4270. The van der Waals surface area contributed by atoms with Crippen LogP contribution in [0.25, 0.3) is 63.5 Å². The van der Waals surface area contributed by atoms with E-state index in [1.807, 2.05) is 47.2 Å². The predicted molar refractivity (Wildman–Crippen MR) is 314 cm³/mol. The third-order valence-electron chi connectivity index (χ3n) is 13.8. The number of hydrogen-bond donors (Lipinski definition) is 0. The number of allylic oxidation sites excluding steroid dienone is 4. The Kier molecular flexibility index (Phi) is 11.2. The van der Waals surface area contributed by atoms with Crippen LogP contribution in [0, 0.1) is 6.92 Å². The van der Waals surface area contributed by atoms with Gasteiger partial charge in [-0.2, -0.15) is 0 Å². The van der Waals surface area contributed by atoms with Crippen LogP contribution in [0.3, 0.4) is 0 Å². The molecule has 9 aromatic carbocycles. The standard InChI is InChI=1S/C67H46N4S2/c1-45(53-30-14-16-34-60(53)70(50-26-8-4-9-27-50)62-36-19-23-48-39-40-68-44-59(48)62)41-57-46(2)72-67-58(57)42-52(69(49-24-6-3-7-25-49)61-35-18-22-47-21-12-13-31-54(47)61)43-64(67)71(51-28-10-5-11-29-51)63-37-20-33-56-55-32-15-17-38-65(55)73-66(56)63/h3-8,10-26,28-44H,1-2H3/b45-41+. The lowest BCUT2D eigenvalue weighted by Gasteiger charge is -2.31. The molecule has 0 amide bonds. The number of rotatable bonds is 11. The summed E-state index contributed by atoms with van der Waals surface area (Å²) in [7, 11) is 0. The SMILES string of the molecule is C/C(=C\c1c(C)sc2c(N(c3ccccc3)c3cccc4c3sc3ccccc34)cc(N(c3ccccc3)c3cccc4ccccc34)cc12)c1ccccc1N(C1=C=C=CC=C1)c1cccc2ccncc12. The van der Waals surface area contributed by atoms with Crippen molar-refractivity contribution in [2.24, 2.45) is 0 Å². The largest absolute Gasteiger partial charge is 0.310 e. The lowest BCUT2D eigenvalue weighted by molar-refractivity contribution is 1.21. The number of aryl methyl sites for hydroxylation is 1. The molecular weight excluding hydrogens is 925 g/mol. The molecular formula is C67H46N4S2. The molecule has 0 spiro atoms. The third kappa shape index (κ3) is 7.84. The number of pyridine rings is 1. The Balaban J connectivity index is 1.08. The molecule has 0 fully saturated rings.